The molecular formula is C24H26FNO3S. The Morgan fingerprint density at radius 3 is 2.03 bits per heavy atom. The number of carbonyl (C=O) groups excluding carboxylic acids is 1. The third-order valence-electron chi connectivity index (χ3n) is 5.14. The van der Waals surface area contributed by atoms with Gasteiger partial charge in [-0.3, -0.25) is 4.79 Å². The average Bonchev–Trinajstić information content (AvgIpc) is 2.67. The van der Waals surface area contributed by atoms with Crippen LogP contribution in [0.15, 0.2) is 59.5 Å². The molecule has 3 rings (SSSR count). The molecule has 0 aliphatic heterocycles. The highest BCUT2D eigenvalue weighted by Crippen LogP contribution is 2.29. The molecule has 0 unspecified atom stereocenters. The molecule has 0 fully saturated rings. The Balaban J connectivity index is 1.91. The third-order valence-corrected chi connectivity index (χ3v) is 6.52. The van der Waals surface area contributed by atoms with Gasteiger partial charge in [0.2, 0.25) is 5.91 Å². The lowest BCUT2D eigenvalue weighted by Gasteiger charge is -2.20. The number of benzene rings is 3. The molecule has 1 amide bonds. The first-order chi connectivity index (χ1) is 14.1. The summed E-state index contributed by atoms with van der Waals surface area (Å²) < 4.78 is 41.8. The van der Waals surface area contributed by atoms with Gasteiger partial charge in [-0.1, -0.05) is 58.0 Å². The maximum Gasteiger partial charge on any atom is 0.264 e. The lowest BCUT2D eigenvalue weighted by molar-refractivity contribution is -0.118. The predicted molar refractivity (Wildman–Crippen MR) is 118 cm³/mol. The Morgan fingerprint density at radius 1 is 0.900 bits per heavy atom. The quantitative estimate of drug-likeness (QED) is 0.583. The molecule has 1 N–H and O–H groups in total. The van der Waals surface area contributed by atoms with Crippen LogP contribution < -0.4 is 4.72 Å². The average molecular weight is 428 g/mol. The van der Waals surface area contributed by atoms with Crippen molar-refractivity contribution in [1.82, 2.24) is 4.72 Å². The molecule has 0 aliphatic carbocycles. The van der Waals surface area contributed by atoms with Crippen molar-refractivity contribution in [3.05, 3.63) is 77.1 Å². The first-order valence-corrected chi connectivity index (χ1v) is 11.4. The molecule has 0 aliphatic rings. The molecule has 3 aromatic carbocycles. The van der Waals surface area contributed by atoms with E-state index in [9.17, 15) is 17.6 Å². The van der Waals surface area contributed by atoms with Crippen molar-refractivity contribution in [3.63, 3.8) is 0 Å². The minimum atomic E-state index is -4.02. The fourth-order valence-corrected chi connectivity index (χ4v) is 4.67. The fourth-order valence-electron chi connectivity index (χ4n) is 3.65. The van der Waals surface area contributed by atoms with Crippen molar-refractivity contribution in [2.24, 2.45) is 0 Å². The summed E-state index contributed by atoms with van der Waals surface area (Å²) in [7, 11) is -4.02. The number of nitrogens with one attached hydrogen (secondary N) is 1. The van der Waals surface area contributed by atoms with E-state index in [4.69, 9.17) is 0 Å². The fraction of sp³-hybridized carbons (Fsp3) is 0.292. The van der Waals surface area contributed by atoms with Crippen molar-refractivity contribution in [2.45, 2.75) is 50.8 Å². The van der Waals surface area contributed by atoms with Gasteiger partial charge < -0.3 is 0 Å². The highest BCUT2D eigenvalue weighted by molar-refractivity contribution is 7.90. The summed E-state index contributed by atoms with van der Waals surface area (Å²) in [5.41, 5.74) is 2.13. The molecule has 0 aromatic heterocycles. The zero-order valence-corrected chi connectivity index (χ0v) is 18.4. The molecule has 0 bridgehead atoms. The molecule has 0 atom stereocenters. The Labute approximate surface area is 177 Å². The van der Waals surface area contributed by atoms with E-state index in [1.165, 1.54) is 18.2 Å². The summed E-state index contributed by atoms with van der Waals surface area (Å²) in [6.45, 7) is 7.69. The number of sulfonamides is 1. The van der Waals surface area contributed by atoms with Gasteiger partial charge in [0.1, 0.15) is 5.82 Å². The van der Waals surface area contributed by atoms with Crippen LogP contribution in [-0.2, 0) is 21.2 Å². The largest absolute Gasteiger partial charge is 0.274 e. The number of halogens is 1. The van der Waals surface area contributed by atoms with Crippen LogP contribution in [0, 0.1) is 5.82 Å². The Hall–Kier alpha value is -2.73. The zero-order chi connectivity index (χ0) is 22.1. The van der Waals surface area contributed by atoms with Gasteiger partial charge in [0.25, 0.3) is 10.0 Å². The number of amides is 1. The summed E-state index contributed by atoms with van der Waals surface area (Å²) in [6, 6.07) is 15.0. The van der Waals surface area contributed by atoms with Gasteiger partial charge >= 0.3 is 0 Å². The predicted octanol–water partition coefficient (Wildman–Crippen LogP) is 5.27. The van der Waals surface area contributed by atoms with Gasteiger partial charge in [-0.05, 0) is 63.6 Å². The smallest absolute Gasteiger partial charge is 0.264 e. The highest BCUT2D eigenvalue weighted by atomic mass is 32.2. The van der Waals surface area contributed by atoms with Crippen molar-refractivity contribution < 1.29 is 17.6 Å². The van der Waals surface area contributed by atoms with E-state index in [1.807, 2.05) is 52.0 Å². The number of hydrogen-bond donors (Lipinski definition) is 1. The number of rotatable bonds is 6. The van der Waals surface area contributed by atoms with E-state index in [0.29, 0.717) is 5.56 Å². The molecule has 0 heterocycles. The maximum atomic E-state index is 14.1. The molecule has 4 nitrogen and oxygen atoms in total. The van der Waals surface area contributed by atoms with E-state index >= 15 is 0 Å². The minimum Gasteiger partial charge on any atom is -0.274 e. The van der Waals surface area contributed by atoms with Crippen molar-refractivity contribution in [3.8, 4) is 0 Å². The van der Waals surface area contributed by atoms with E-state index < -0.39 is 15.9 Å². The summed E-state index contributed by atoms with van der Waals surface area (Å²) in [5, 5.41) is 1.69. The van der Waals surface area contributed by atoms with Crippen LogP contribution in [0.5, 0.6) is 0 Å². The van der Waals surface area contributed by atoms with Gasteiger partial charge in [-0.25, -0.2) is 17.5 Å². The SMILES string of the molecule is CC(C)c1cc(F)cc(C(C)C)c1CC(=O)NS(=O)(=O)c1ccc2ccccc2c1. The molecule has 6 heteroatoms. The van der Waals surface area contributed by atoms with Gasteiger partial charge in [-0.15, -0.1) is 0 Å². The van der Waals surface area contributed by atoms with Gasteiger partial charge in [0.05, 0.1) is 11.3 Å². The normalized spacial score (nSPS) is 12.0. The Morgan fingerprint density at radius 2 is 1.47 bits per heavy atom. The van der Waals surface area contributed by atoms with Crippen molar-refractivity contribution in [1.29, 1.82) is 0 Å². The molecule has 0 saturated heterocycles. The van der Waals surface area contributed by atoms with Crippen LogP contribution in [0.2, 0.25) is 0 Å². The van der Waals surface area contributed by atoms with Crippen molar-refractivity contribution in [2.75, 3.05) is 0 Å². The molecule has 0 saturated carbocycles. The van der Waals surface area contributed by atoms with E-state index in [0.717, 1.165) is 21.9 Å². The lowest BCUT2D eigenvalue weighted by Crippen LogP contribution is -2.32. The van der Waals surface area contributed by atoms with E-state index in [2.05, 4.69) is 4.72 Å². The van der Waals surface area contributed by atoms with Crippen molar-refractivity contribution >= 4 is 26.7 Å². The minimum absolute atomic E-state index is 0.00176. The number of fused-ring (bicyclic) bond motifs is 1. The van der Waals surface area contributed by atoms with Gasteiger partial charge in [0, 0.05) is 0 Å². The third kappa shape index (κ3) is 4.70. The van der Waals surface area contributed by atoms with Crippen LogP contribution in [0.1, 0.15) is 56.2 Å². The second-order valence-corrected chi connectivity index (χ2v) is 9.77. The lowest BCUT2D eigenvalue weighted by atomic mass is 9.87. The number of carbonyl (C=O) groups is 1. The topological polar surface area (TPSA) is 63.2 Å². The van der Waals surface area contributed by atoms with Crippen LogP contribution in [0.4, 0.5) is 4.39 Å². The van der Waals surface area contributed by atoms with Crippen LogP contribution in [0.3, 0.4) is 0 Å². The van der Waals surface area contributed by atoms with Crippen LogP contribution in [-0.4, -0.2) is 14.3 Å². The highest BCUT2D eigenvalue weighted by Gasteiger charge is 2.22. The number of hydrogen-bond acceptors (Lipinski definition) is 3. The van der Waals surface area contributed by atoms with E-state index in [-0.39, 0.29) is 29.0 Å². The Bertz CT molecular complexity index is 1170. The van der Waals surface area contributed by atoms with Gasteiger partial charge in [0.15, 0.2) is 0 Å². The zero-order valence-electron chi connectivity index (χ0n) is 17.6. The summed E-state index contributed by atoms with van der Waals surface area (Å²) in [5.74, 6) is -0.995. The summed E-state index contributed by atoms with van der Waals surface area (Å²) in [4.78, 5) is 12.7. The first-order valence-electron chi connectivity index (χ1n) is 9.95. The molecular weight excluding hydrogens is 401 g/mol. The van der Waals surface area contributed by atoms with Gasteiger partial charge in [-0.2, -0.15) is 0 Å². The van der Waals surface area contributed by atoms with E-state index in [1.54, 1.807) is 12.1 Å². The first kappa shape index (κ1) is 22.0. The molecule has 0 radical (unpaired) electrons. The standard InChI is InChI=1S/C24H26FNO3S/c1-15(2)21-12-19(25)13-22(16(3)4)23(21)14-24(27)26-30(28,29)20-10-9-17-7-5-6-8-18(17)11-20/h5-13,15-16H,14H2,1-4H3,(H,26,27). The molecule has 30 heavy (non-hydrogen) atoms. The maximum absolute atomic E-state index is 14.1. The second-order valence-electron chi connectivity index (χ2n) is 8.09. The summed E-state index contributed by atoms with van der Waals surface area (Å²) in [6.07, 6.45) is -0.131. The molecule has 0 spiro atoms. The molecule has 158 valence electrons. The summed E-state index contributed by atoms with van der Waals surface area (Å²) >= 11 is 0. The monoisotopic (exact) mass is 427 g/mol. The Kier molecular flexibility index (Phi) is 6.27. The molecule has 3 aromatic rings. The second kappa shape index (κ2) is 8.56. The van der Waals surface area contributed by atoms with Crippen LogP contribution >= 0.6 is 0 Å². The van der Waals surface area contributed by atoms with Crippen LogP contribution in [0.25, 0.3) is 10.8 Å².